The Hall–Kier alpha value is -2.05. The average Bonchev–Trinajstić information content (AvgIpc) is 2.50. The lowest BCUT2D eigenvalue weighted by atomic mass is 9.57. The summed E-state index contributed by atoms with van der Waals surface area (Å²) in [5.41, 5.74) is 4.70. The number of Topliss-reactive ketones (excluding diaryl/α,β-unsaturated/α-hetero) is 2. The van der Waals surface area contributed by atoms with E-state index in [9.17, 15) is 14.4 Å². The monoisotopic (exact) mass is 343 g/mol. The quantitative estimate of drug-likeness (QED) is 0.518. The van der Waals surface area contributed by atoms with E-state index in [0.717, 1.165) is 0 Å². The van der Waals surface area contributed by atoms with Crippen LogP contribution in [-0.2, 0) is 9.22 Å². The average molecular weight is 343 g/mol. The summed E-state index contributed by atoms with van der Waals surface area (Å²) < 4.78 is 6.12. The molecule has 0 radical (unpaired) electrons. The second kappa shape index (κ2) is 5.49. The van der Waals surface area contributed by atoms with E-state index in [2.05, 4.69) is 0 Å². The highest BCUT2D eigenvalue weighted by Gasteiger charge is 2.63. The maximum absolute atomic E-state index is 13.3. The largest absolute Gasteiger partial charge is 0.410 e. The number of ketones is 2. The van der Waals surface area contributed by atoms with Gasteiger partial charge < -0.3 is 10.2 Å². The van der Waals surface area contributed by atoms with Crippen LogP contribution in [0.15, 0.2) is 36.4 Å². The Balaban J connectivity index is 2.24. The lowest BCUT2D eigenvalue weighted by molar-refractivity contribution is -0.131. The molecule has 0 aliphatic heterocycles. The number of carbonyl (C=O) groups excluding carboxylic acids is 3. The van der Waals surface area contributed by atoms with Gasteiger partial charge in [-0.3, -0.25) is 14.4 Å². The smallest absolute Gasteiger partial charge is 0.235 e. The molecular formula is C18H21NO4Si. The summed E-state index contributed by atoms with van der Waals surface area (Å²) in [6.07, 6.45) is 3.05. The number of allylic oxidation sites excluding steroid dienone is 1. The van der Waals surface area contributed by atoms with Crippen molar-refractivity contribution in [3.05, 3.63) is 47.5 Å². The fourth-order valence-corrected chi connectivity index (χ4v) is 4.75. The van der Waals surface area contributed by atoms with Crippen molar-refractivity contribution in [3.8, 4) is 0 Å². The number of fused-ring (bicyclic) bond motifs is 2. The molecule has 1 amide bonds. The van der Waals surface area contributed by atoms with Crippen molar-refractivity contribution in [1.29, 1.82) is 0 Å². The number of benzene rings is 1. The SMILES string of the molecule is C[Si](C)(C)O[C@@H]1C=CC[C@@H]2C(=O)c3ccccc3C(=O)[C@]21C(N)=O. The van der Waals surface area contributed by atoms with Gasteiger partial charge in [0, 0.05) is 11.1 Å². The Labute approximate surface area is 142 Å². The number of rotatable bonds is 3. The number of carbonyl (C=O) groups is 3. The molecule has 2 aliphatic rings. The highest BCUT2D eigenvalue weighted by Crippen LogP contribution is 2.48. The number of primary amides is 1. The van der Waals surface area contributed by atoms with Gasteiger partial charge in [-0.25, -0.2) is 0 Å². The van der Waals surface area contributed by atoms with Crippen LogP contribution in [-0.4, -0.2) is 31.9 Å². The Kier molecular flexibility index (Phi) is 3.84. The highest BCUT2D eigenvalue weighted by molar-refractivity contribution is 6.69. The predicted molar refractivity (Wildman–Crippen MR) is 92.2 cm³/mol. The van der Waals surface area contributed by atoms with Gasteiger partial charge in [-0.15, -0.1) is 0 Å². The van der Waals surface area contributed by atoms with Gasteiger partial charge in [-0.05, 0) is 26.1 Å². The maximum Gasteiger partial charge on any atom is 0.235 e. The van der Waals surface area contributed by atoms with E-state index in [1.807, 2.05) is 25.7 Å². The van der Waals surface area contributed by atoms with E-state index in [1.165, 1.54) is 0 Å². The van der Waals surface area contributed by atoms with Crippen LogP contribution < -0.4 is 5.73 Å². The second-order valence-corrected chi connectivity index (χ2v) is 11.8. The van der Waals surface area contributed by atoms with E-state index in [4.69, 9.17) is 10.2 Å². The molecule has 2 N–H and O–H groups in total. The molecule has 0 spiro atoms. The number of hydrogen-bond acceptors (Lipinski definition) is 4. The fraction of sp³-hybridized carbons (Fsp3) is 0.389. The van der Waals surface area contributed by atoms with Crippen LogP contribution in [0.4, 0.5) is 0 Å². The van der Waals surface area contributed by atoms with Gasteiger partial charge in [-0.2, -0.15) is 0 Å². The summed E-state index contributed by atoms with van der Waals surface area (Å²) in [6.45, 7) is 5.92. The van der Waals surface area contributed by atoms with Crippen LogP contribution in [0.25, 0.3) is 0 Å². The van der Waals surface area contributed by atoms with Crippen molar-refractivity contribution in [2.24, 2.45) is 17.1 Å². The van der Waals surface area contributed by atoms with Gasteiger partial charge >= 0.3 is 0 Å². The summed E-state index contributed by atoms with van der Waals surface area (Å²) >= 11 is 0. The molecule has 5 nitrogen and oxygen atoms in total. The molecule has 1 aromatic carbocycles. The molecule has 1 aromatic rings. The van der Waals surface area contributed by atoms with Crippen molar-refractivity contribution in [2.45, 2.75) is 32.2 Å². The molecule has 3 rings (SSSR count). The fourth-order valence-electron chi connectivity index (χ4n) is 3.72. The van der Waals surface area contributed by atoms with Crippen LogP contribution in [0.5, 0.6) is 0 Å². The zero-order valence-electron chi connectivity index (χ0n) is 14.0. The molecule has 0 saturated heterocycles. The van der Waals surface area contributed by atoms with Crippen molar-refractivity contribution in [2.75, 3.05) is 0 Å². The summed E-state index contributed by atoms with van der Waals surface area (Å²) in [5.74, 6) is -2.20. The minimum atomic E-state index is -2.08. The van der Waals surface area contributed by atoms with Gasteiger partial charge in [0.15, 0.2) is 25.3 Å². The molecule has 3 atom stereocenters. The number of nitrogens with two attached hydrogens (primary N) is 1. The van der Waals surface area contributed by atoms with E-state index in [1.54, 1.807) is 30.3 Å². The summed E-state index contributed by atoms with van der Waals surface area (Å²) in [7, 11) is -2.08. The standard InChI is InChI=1S/C18H21NO4Si/c1-24(2,3)23-14-10-6-9-13-15(20)11-7-4-5-8-12(11)16(21)18(13,14)17(19)22/h4-8,10,13-14H,9H2,1-3H3,(H2,19,22)/t13-,14-,18+/m1/s1. The topological polar surface area (TPSA) is 86.5 Å². The van der Waals surface area contributed by atoms with Gasteiger partial charge in [-0.1, -0.05) is 36.4 Å². The van der Waals surface area contributed by atoms with Gasteiger partial charge in [0.25, 0.3) is 0 Å². The maximum atomic E-state index is 13.3. The molecular weight excluding hydrogens is 322 g/mol. The normalized spacial score (nSPS) is 29.1. The van der Waals surface area contributed by atoms with Crippen molar-refractivity contribution in [3.63, 3.8) is 0 Å². The molecule has 0 aromatic heterocycles. The summed E-state index contributed by atoms with van der Waals surface area (Å²) in [5, 5.41) is 0. The Morgan fingerprint density at radius 3 is 2.42 bits per heavy atom. The first-order valence-corrected chi connectivity index (χ1v) is 11.4. The van der Waals surface area contributed by atoms with E-state index in [0.29, 0.717) is 12.0 Å². The number of hydrogen-bond donors (Lipinski definition) is 1. The lowest BCUT2D eigenvalue weighted by Gasteiger charge is -2.47. The van der Waals surface area contributed by atoms with Crippen LogP contribution in [0.3, 0.4) is 0 Å². The summed E-state index contributed by atoms with van der Waals surface area (Å²) in [6, 6.07) is 6.62. The first-order valence-electron chi connectivity index (χ1n) is 8.02. The minimum absolute atomic E-state index is 0.211. The Morgan fingerprint density at radius 1 is 1.21 bits per heavy atom. The predicted octanol–water partition coefficient (Wildman–Crippen LogP) is 2.33. The zero-order valence-corrected chi connectivity index (χ0v) is 15.0. The van der Waals surface area contributed by atoms with Crippen molar-refractivity contribution in [1.82, 2.24) is 0 Å². The molecule has 0 fully saturated rings. The van der Waals surface area contributed by atoms with Crippen molar-refractivity contribution >= 4 is 25.8 Å². The molecule has 0 bridgehead atoms. The van der Waals surface area contributed by atoms with Crippen LogP contribution in [0, 0.1) is 11.3 Å². The molecule has 0 unspecified atom stereocenters. The highest BCUT2D eigenvalue weighted by atomic mass is 28.4. The van der Waals surface area contributed by atoms with Crippen LogP contribution in [0.2, 0.25) is 19.6 Å². The van der Waals surface area contributed by atoms with Gasteiger partial charge in [0.1, 0.15) is 0 Å². The van der Waals surface area contributed by atoms with Crippen LogP contribution in [0.1, 0.15) is 27.1 Å². The molecule has 126 valence electrons. The lowest BCUT2D eigenvalue weighted by Crippen LogP contribution is -2.63. The number of amides is 1. The molecule has 2 aliphatic carbocycles. The Bertz CT molecular complexity index is 765. The molecule has 0 heterocycles. The molecule has 6 heteroatoms. The van der Waals surface area contributed by atoms with Gasteiger partial charge in [0.05, 0.1) is 12.0 Å². The van der Waals surface area contributed by atoms with Crippen molar-refractivity contribution < 1.29 is 18.8 Å². The third-order valence-corrected chi connectivity index (χ3v) is 5.66. The minimum Gasteiger partial charge on any atom is -0.410 e. The first-order chi connectivity index (χ1) is 11.2. The van der Waals surface area contributed by atoms with E-state index < -0.39 is 37.4 Å². The van der Waals surface area contributed by atoms with Gasteiger partial charge in [0.2, 0.25) is 5.91 Å². The molecule has 24 heavy (non-hydrogen) atoms. The zero-order chi connectivity index (χ0) is 17.7. The Morgan fingerprint density at radius 2 is 1.83 bits per heavy atom. The first kappa shape index (κ1) is 16.8. The summed E-state index contributed by atoms with van der Waals surface area (Å²) in [4.78, 5) is 38.8. The van der Waals surface area contributed by atoms with E-state index >= 15 is 0 Å². The second-order valence-electron chi connectivity index (χ2n) is 7.34. The van der Waals surface area contributed by atoms with E-state index in [-0.39, 0.29) is 11.3 Å². The third-order valence-electron chi connectivity index (χ3n) is 4.70. The third kappa shape index (κ3) is 2.29. The van der Waals surface area contributed by atoms with Crippen LogP contribution >= 0.6 is 0 Å². The molecule has 0 saturated carbocycles.